The molecule has 1 atom stereocenters. The molecular weight excluding hydrogens is 249 g/mol. The molecule has 1 unspecified atom stereocenters. The Balaban J connectivity index is 2.13. The first-order valence-corrected chi connectivity index (χ1v) is 5.69. The van der Waals surface area contributed by atoms with E-state index in [9.17, 15) is 9.18 Å². The van der Waals surface area contributed by atoms with Crippen molar-refractivity contribution in [1.29, 1.82) is 0 Å². The van der Waals surface area contributed by atoms with Gasteiger partial charge in [-0.1, -0.05) is 0 Å². The molecule has 0 aliphatic rings. The minimum absolute atomic E-state index is 0.0565. The van der Waals surface area contributed by atoms with Gasteiger partial charge in [-0.2, -0.15) is 0 Å². The molecule has 7 heteroatoms. The van der Waals surface area contributed by atoms with E-state index in [1.54, 1.807) is 24.9 Å². The van der Waals surface area contributed by atoms with Gasteiger partial charge >= 0.3 is 0 Å². The van der Waals surface area contributed by atoms with Crippen LogP contribution in [-0.2, 0) is 7.05 Å². The second-order valence-corrected chi connectivity index (χ2v) is 4.23. The Kier molecular flexibility index (Phi) is 3.46. The highest BCUT2D eigenvalue weighted by Crippen LogP contribution is 2.14. The van der Waals surface area contributed by atoms with Gasteiger partial charge in [-0.3, -0.25) is 4.79 Å². The number of aromatic nitrogens is 3. The van der Waals surface area contributed by atoms with E-state index in [0.717, 1.165) is 6.07 Å². The number of hydrogen-bond donors (Lipinski definition) is 2. The smallest absolute Gasteiger partial charge is 0.251 e. The van der Waals surface area contributed by atoms with Crippen molar-refractivity contribution in [2.45, 2.75) is 13.0 Å². The van der Waals surface area contributed by atoms with Crippen LogP contribution >= 0.6 is 0 Å². The maximum absolute atomic E-state index is 13.0. The van der Waals surface area contributed by atoms with Gasteiger partial charge in [-0.15, -0.1) is 10.2 Å². The van der Waals surface area contributed by atoms with Crippen molar-refractivity contribution in [3.05, 3.63) is 41.7 Å². The average Bonchev–Trinajstić information content (AvgIpc) is 2.79. The molecular formula is C12H14FN5O. The summed E-state index contributed by atoms with van der Waals surface area (Å²) in [5, 5.41) is 10.4. The molecule has 1 amide bonds. The molecule has 0 fully saturated rings. The minimum atomic E-state index is -0.544. The van der Waals surface area contributed by atoms with Gasteiger partial charge in [-0.25, -0.2) is 4.39 Å². The third kappa shape index (κ3) is 2.70. The SMILES string of the molecule is CC(NC(=O)c1ccc(F)c(N)c1)c1nncn1C. The summed E-state index contributed by atoms with van der Waals surface area (Å²) < 4.78 is 14.7. The molecule has 0 saturated carbocycles. The number of nitrogens with zero attached hydrogens (tertiary/aromatic N) is 3. The molecule has 2 aromatic rings. The number of carbonyl (C=O) groups is 1. The van der Waals surface area contributed by atoms with Crippen LogP contribution in [0.15, 0.2) is 24.5 Å². The first-order valence-electron chi connectivity index (χ1n) is 5.69. The minimum Gasteiger partial charge on any atom is -0.396 e. The van der Waals surface area contributed by atoms with Gasteiger partial charge in [-0.05, 0) is 25.1 Å². The van der Waals surface area contributed by atoms with E-state index in [1.165, 1.54) is 12.1 Å². The number of rotatable bonds is 3. The van der Waals surface area contributed by atoms with Crippen LogP contribution in [0.2, 0.25) is 0 Å². The molecule has 0 bridgehead atoms. The van der Waals surface area contributed by atoms with E-state index in [4.69, 9.17) is 5.73 Å². The fourth-order valence-corrected chi connectivity index (χ4v) is 1.71. The van der Waals surface area contributed by atoms with Crippen molar-refractivity contribution in [3.63, 3.8) is 0 Å². The lowest BCUT2D eigenvalue weighted by molar-refractivity contribution is 0.0938. The van der Waals surface area contributed by atoms with Crippen LogP contribution < -0.4 is 11.1 Å². The Labute approximate surface area is 109 Å². The molecule has 0 aliphatic heterocycles. The van der Waals surface area contributed by atoms with Crippen LogP contribution in [0.3, 0.4) is 0 Å². The summed E-state index contributed by atoms with van der Waals surface area (Å²) in [6.45, 7) is 1.79. The average molecular weight is 263 g/mol. The second-order valence-electron chi connectivity index (χ2n) is 4.23. The van der Waals surface area contributed by atoms with Gasteiger partial charge in [0.25, 0.3) is 5.91 Å². The third-order valence-corrected chi connectivity index (χ3v) is 2.74. The zero-order chi connectivity index (χ0) is 14.0. The predicted octanol–water partition coefficient (Wildman–Crippen LogP) is 1.03. The fourth-order valence-electron chi connectivity index (χ4n) is 1.71. The van der Waals surface area contributed by atoms with Crippen LogP contribution in [0.1, 0.15) is 29.1 Å². The quantitative estimate of drug-likeness (QED) is 0.810. The number of halogens is 1. The normalized spacial score (nSPS) is 12.2. The van der Waals surface area contributed by atoms with Crippen molar-refractivity contribution in [2.24, 2.45) is 7.05 Å². The van der Waals surface area contributed by atoms with Gasteiger partial charge in [0, 0.05) is 12.6 Å². The van der Waals surface area contributed by atoms with E-state index < -0.39 is 5.82 Å². The summed E-state index contributed by atoms with van der Waals surface area (Å²) in [4.78, 5) is 12.0. The number of nitrogens with one attached hydrogen (secondary N) is 1. The number of carbonyl (C=O) groups excluding carboxylic acids is 1. The summed E-state index contributed by atoms with van der Waals surface area (Å²) in [7, 11) is 1.79. The molecule has 100 valence electrons. The monoisotopic (exact) mass is 263 g/mol. The van der Waals surface area contributed by atoms with Crippen LogP contribution in [0.4, 0.5) is 10.1 Å². The predicted molar refractivity (Wildman–Crippen MR) is 67.7 cm³/mol. The van der Waals surface area contributed by atoms with Gasteiger partial charge in [0.2, 0.25) is 0 Å². The zero-order valence-electron chi connectivity index (χ0n) is 10.6. The topological polar surface area (TPSA) is 85.8 Å². The highest BCUT2D eigenvalue weighted by molar-refractivity contribution is 5.95. The molecule has 19 heavy (non-hydrogen) atoms. The molecule has 1 aromatic heterocycles. The maximum atomic E-state index is 13.0. The molecule has 2 rings (SSSR count). The van der Waals surface area contributed by atoms with E-state index in [-0.39, 0.29) is 17.6 Å². The Morgan fingerprint density at radius 1 is 1.53 bits per heavy atom. The summed E-state index contributed by atoms with van der Waals surface area (Å²) in [5.41, 5.74) is 5.67. The number of nitrogen functional groups attached to an aromatic ring is 1. The van der Waals surface area contributed by atoms with Crippen LogP contribution in [0.5, 0.6) is 0 Å². The summed E-state index contributed by atoms with van der Waals surface area (Å²) in [5.74, 6) is -0.261. The zero-order valence-corrected chi connectivity index (χ0v) is 10.6. The van der Waals surface area contributed by atoms with E-state index >= 15 is 0 Å². The number of anilines is 1. The maximum Gasteiger partial charge on any atom is 0.251 e. The lowest BCUT2D eigenvalue weighted by Crippen LogP contribution is -2.28. The molecule has 0 saturated heterocycles. The molecule has 3 N–H and O–H groups in total. The number of benzene rings is 1. The van der Waals surface area contributed by atoms with Gasteiger partial charge in [0.05, 0.1) is 11.7 Å². The highest BCUT2D eigenvalue weighted by atomic mass is 19.1. The Bertz CT molecular complexity index is 610. The first-order chi connectivity index (χ1) is 8.99. The number of nitrogens with two attached hydrogens (primary N) is 1. The Hall–Kier alpha value is -2.44. The van der Waals surface area contributed by atoms with Crippen molar-refractivity contribution in [2.75, 3.05) is 5.73 Å². The lowest BCUT2D eigenvalue weighted by Gasteiger charge is -2.13. The largest absolute Gasteiger partial charge is 0.396 e. The van der Waals surface area contributed by atoms with Crippen LogP contribution in [0, 0.1) is 5.82 Å². The van der Waals surface area contributed by atoms with Crippen molar-refractivity contribution < 1.29 is 9.18 Å². The van der Waals surface area contributed by atoms with E-state index in [0.29, 0.717) is 11.4 Å². The second kappa shape index (κ2) is 5.05. The van der Waals surface area contributed by atoms with E-state index in [2.05, 4.69) is 15.5 Å². The number of amides is 1. The van der Waals surface area contributed by atoms with Gasteiger partial charge in [0.1, 0.15) is 12.1 Å². The summed E-state index contributed by atoms with van der Waals surface area (Å²) in [6, 6.07) is 3.53. The van der Waals surface area contributed by atoms with Gasteiger partial charge < -0.3 is 15.6 Å². The Morgan fingerprint density at radius 2 is 2.26 bits per heavy atom. The van der Waals surface area contributed by atoms with Crippen LogP contribution in [0.25, 0.3) is 0 Å². The Morgan fingerprint density at radius 3 is 2.84 bits per heavy atom. The first kappa shape index (κ1) is 13.0. The van der Waals surface area contributed by atoms with Crippen molar-refractivity contribution >= 4 is 11.6 Å². The van der Waals surface area contributed by atoms with E-state index in [1.807, 2.05) is 0 Å². The molecule has 6 nitrogen and oxygen atoms in total. The number of aryl methyl sites for hydroxylation is 1. The molecule has 0 spiro atoms. The standard InChI is InChI=1S/C12H14FN5O/c1-7(11-17-15-6-18(11)2)16-12(19)8-3-4-9(13)10(14)5-8/h3-7H,14H2,1-2H3,(H,16,19). The van der Waals surface area contributed by atoms with Crippen molar-refractivity contribution in [1.82, 2.24) is 20.1 Å². The molecule has 0 aliphatic carbocycles. The summed E-state index contributed by atoms with van der Waals surface area (Å²) in [6.07, 6.45) is 1.55. The summed E-state index contributed by atoms with van der Waals surface area (Å²) >= 11 is 0. The lowest BCUT2D eigenvalue weighted by atomic mass is 10.1. The van der Waals surface area contributed by atoms with Gasteiger partial charge in [0.15, 0.2) is 5.82 Å². The number of hydrogen-bond acceptors (Lipinski definition) is 4. The molecule has 0 radical (unpaired) electrons. The van der Waals surface area contributed by atoms with Crippen LogP contribution in [-0.4, -0.2) is 20.7 Å². The fraction of sp³-hybridized carbons (Fsp3) is 0.250. The highest BCUT2D eigenvalue weighted by Gasteiger charge is 2.16. The van der Waals surface area contributed by atoms with Crippen molar-refractivity contribution in [3.8, 4) is 0 Å². The molecule has 1 aromatic carbocycles. The third-order valence-electron chi connectivity index (χ3n) is 2.74. The molecule has 1 heterocycles.